The molecule has 0 bridgehead atoms. The van der Waals surface area contributed by atoms with Gasteiger partial charge in [0.2, 0.25) is 0 Å². The number of pyridine rings is 3. The maximum atomic E-state index is 14.8. The average molecular weight is 823 g/mol. The van der Waals surface area contributed by atoms with E-state index < -0.39 is 29.2 Å². The van der Waals surface area contributed by atoms with E-state index in [4.69, 9.17) is 9.47 Å². The minimum absolute atomic E-state index is 0. The second-order valence-electron chi connectivity index (χ2n) is 10.5. The van der Waals surface area contributed by atoms with Gasteiger partial charge >= 0.3 is 27.2 Å². The number of hydrogen-bond acceptors (Lipinski definition) is 6. The topological polar surface area (TPSA) is 75.0 Å². The van der Waals surface area contributed by atoms with Crippen molar-refractivity contribution in [1.82, 2.24) is 24.7 Å². The second-order valence-corrected chi connectivity index (χ2v) is 10.5. The van der Waals surface area contributed by atoms with E-state index in [1.807, 2.05) is 6.07 Å². The number of halogens is 5. The summed E-state index contributed by atoms with van der Waals surface area (Å²) in [6.45, 7) is 3.53. The van der Waals surface area contributed by atoms with Gasteiger partial charge in [0.15, 0.2) is 0 Å². The van der Waals surface area contributed by atoms with E-state index in [1.165, 1.54) is 12.1 Å². The molecule has 0 saturated carbocycles. The first-order valence-electron chi connectivity index (χ1n) is 13.8. The van der Waals surface area contributed by atoms with Crippen LogP contribution in [0.1, 0.15) is 30.9 Å². The summed E-state index contributed by atoms with van der Waals surface area (Å²) in [5.74, 6) is -0.711. The Hall–Kier alpha value is -4.96. The average Bonchev–Trinajstić information content (AvgIpc) is 3.54. The van der Waals surface area contributed by atoms with E-state index in [-0.39, 0.29) is 49.6 Å². The molecule has 6 aromatic rings. The van der Waals surface area contributed by atoms with Crippen LogP contribution in [0.3, 0.4) is 0 Å². The molecule has 4 aromatic heterocycles. The number of alkyl halides is 3. The molecule has 0 radical (unpaired) electrons. The molecule has 47 heavy (non-hydrogen) atoms. The van der Waals surface area contributed by atoms with Crippen molar-refractivity contribution >= 4 is 0 Å². The number of aromatic nitrogens is 5. The van der Waals surface area contributed by atoms with Crippen LogP contribution in [0, 0.1) is 24.2 Å². The molecule has 0 spiro atoms. The summed E-state index contributed by atoms with van der Waals surface area (Å²) in [5, 5.41) is 3.63. The quantitative estimate of drug-likeness (QED) is 0.0872. The van der Waals surface area contributed by atoms with E-state index in [2.05, 4.69) is 32.3 Å². The normalized spacial score (nSPS) is 11.6. The van der Waals surface area contributed by atoms with Crippen LogP contribution in [-0.2, 0) is 32.7 Å². The van der Waals surface area contributed by atoms with Gasteiger partial charge in [-0.3, -0.25) is 20.1 Å². The fraction of sp³-hybridized carbons (Fsp3) is 0.118. The third-order valence-corrected chi connectivity index (χ3v) is 6.86. The van der Waals surface area contributed by atoms with Crippen LogP contribution in [0.4, 0.5) is 22.0 Å². The van der Waals surface area contributed by atoms with Gasteiger partial charge in [0.05, 0.1) is 11.5 Å². The number of benzene rings is 2. The Morgan fingerprint density at radius 3 is 1.81 bits per heavy atom. The number of ether oxygens (including phenoxy) is 2. The first-order chi connectivity index (χ1) is 22.0. The van der Waals surface area contributed by atoms with Crippen LogP contribution in [0.25, 0.3) is 17.1 Å². The molecule has 0 aliphatic heterocycles. The molecule has 4 heterocycles. The maximum Gasteiger partial charge on any atom is 2.00 e. The van der Waals surface area contributed by atoms with Gasteiger partial charge in [-0.1, -0.05) is 54.2 Å². The van der Waals surface area contributed by atoms with Crippen LogP contribution in [0.15, 0.2) is 97.1 Å². The molecule has 0 unspecified atom stereocenters. The Morgan fingerprint density at radius 2 is 1.26 bits per heavy atom. The van der Waals surface area contributed by atoms with E-state index in [1.54, 1.807) is 80.6 Å². The Kier molecular flexibility index (Phi) is 9.53. The molecule has 2 aromatic carbocycles. The maximum absolute atomic E-state index is 14.8. The van der Waals surface area contributed by atoms with Crippen LogP contribution in [0.2, 0.25) is 0 Å². The number of nitrogens with zero attached hydrogens (tertiary/aromatic N) is 5. The van der Waals surface area contributed by atoms with Gasteiger partial charge in [0, 0.05) is 28.9 Å². The molecule has 0 atom stereocenters. The smallest absolute Gasteiger partial charge is 0.458 e. The third kappa shape index (κ3) is 7.55. The zero-order valence-electron chi connectivity index (χ0n) is 24.5. The molecule has 0 saturated heterocycles. The van der Waals surface area contributed by atoms with Crippen molar-refractivity contribution in [3.63, 3.8) is 0 Å². The predicted molar refractivity (Wildman–Crippen MR) is 157 cm³/mol. The van der Waals surface area contributed by atoms with Crippen molar-refractivity contribution < 1.29 is 52.5 Å². The van der Waals surface area contributed by atoms with Crippen molar-refractivity contribution in [3.8, 4) is 40.1 Å². The molecule has 0 amide bonds. The van der Waals surface area contributed by atoms with E-state index in [0.29, 0.717) is 22.9 Å². The zero-order valence-corrected chi connectivity index (χ0v) is 26.8. The van der Waals surface area contributed by atoms with Crippen molar-refractivity contribution in [1.29, 1.82) is 0 Å². The molecule has 6 rings (SSSR count). The van der Waals surface area contributed by atoms with Crippen molar-refractivity contribution in [2.75, 3.05) is 0 Å². The zero-order chi connectivity index (χ0) is 32.5. The molecule has 240 valence electrons. The number of hydrogen-bond donors (Lipinski definition) is 0. The summed E-state index contributed by atoms with van der Waals surface area (Å²) in [6.07, 6.45) is -2.23. The largest absolute Gasteiger partial charge is 2.00 e. The fourth-order valence-corrected chi connectivity index (χ4v) is 4.47. The third-order valence-electron chi connectivity index (χ3n) is 6.86. The van der Waals surface area contributed by atoms with Crippen LogP contribution < -0.4 is 9.47 Å². The Morgan fingerprint density at radius 1 is 0.681 bits per heavy atom. The van der Waals surface area contributed by atoms with Gasteiger partial charge in [0.25, 0.3) is 0 Å². The SMILES string of the molecule is CC(C)(c1cc(Oc2ccccc2)cc(-c2[c-]cc(F)nc2F)n1)c1cc(Oc2ccccc2)cc(-n2[c-]cc(C(F)(F)F)n2)n1.[Pt+2]. The molecular formula is C34H22F5N5O2Pt. The van der Waals surface area contributed by atoms with Crippen molar-refractivity contribution in [2.45, 2.75) is 25.4 Å². The summed E-state index contributed by atoms with van der Waals surface area (Å²) < 4.78 is 81.6. The molecule has 0 fully saturated rings. The second kappa shape index (κ2) is 13.4. The molecule has 0 aliphatic rings. The summed E-state index contributed by atoms with van der Waals surface area (Å²) >= 11 is 0. The summed E-state index contributed by atoms with van der Waals surface area (Å²) in [5.41, 5.74) is -1.77. The fourth-order valence-electron chi connectivity index (χ4n) is 4.47. The van der Waals surface area contributed by atoms with Gasteiger partial charge in [-0.05, 0) is 55.9 Å². The minimum atomic E-state index is -4.69. The van der Waals surface area contributed by atoms with Crippen molar-refractivity contribution in [3.05, 3.63) is 138 Å². The first-order valence-corrected chi connectivity index (χ1v) is 13.8. The summed E-state index contributed by atoms with van der Waals surface area (Å²) in [4.78, 5) is 12.6. The standard InChI is InChI=1S/C34H22F5N5O2.Pt/c1-33(2,28-18-23(45-21-9-5-3-6-10-21)17-26(40-28)25-13-14-30(35)42-32(25)36)29-19-24(46-22-11-7-4-8-12-22)20-31(41-29)44-16-15-27(43-44)34(37,38)39;/h3-12,14-15,17-20H,1-2H3;/q-2;+2. The van der Waals surface area contributed by atoms with Gasteiger partial charge in [0.1, 0.15) is 34.9 Å². The monoisotopic (exact) mass is 822 g/mol. The van der Waals surface area contributed by atoms with Crippen molar-refractivity contribution in [2.24, 2.45) is 0 Å². The molecule has 0 aliphatic carbocycles. The number of rotatable bonds is 8. The molecule has 7 nitrogen and oxygen atoms in total. The Labute approximate surface area is 280 Å². The molecule has 13 heteroatoms. The number of para-hydroxylation sites is 2. The Balaban J connectivity index is 0.00000433. The van der Waals surface area contributed by atoms with E-state index in [9.17, 15) is 22.0 Å². The first kappa shape index (κ1) is 33.4. The van der Waals surface area contributed by atoms with E-state index in [0.717, 1.165) is 16.8 Å². The molecular weight excluding hydrogens is 800 g/mol. The van der Waals surface area contributed by atoms with Crippen LogP contribution in [0.5, 0.6) is 23.0 Å². The van der Waals surface area contributed by atoms with Gasteiger partial charge in [-0.25, -0.2) is 8.78 Å². The van der Waals surface area contributed by atoms with Gasteiger partial charge in [-0.15, -0.1) is 12.1 Å². The van der Waals surface area contributed by atoms with Gasteiger partial charge in [-0.2, -0.15) is 13.2 Å². The van der Waals surface area contributed by atoms with Gasteiger partial charge < -0.3 is 14.2 Å². The predicted octanol–water partition coefficient (Wildman–Crippen LogP) is 8.53. The van der Waals surface area contributed by atoms with E-state index >= 15 is 0 Å². The Bertz CT molecular complexity index is 2000. The minimum Gasteiger partial charge on any atom is -0.458 e. The van der Waals surface area contributed by atoms with Crippen LogP contribution >= 0.6 is 0 Å². The summed E-state index contributed by atoms with van der Waals surface area (Å²) in [7, 11) is 0. The molecule has 0 N–H and O–H groups in total. The summed E-state index contributed by atoms with van der Waals surface area (Å²) in [6, 6.07) is 27.9. The van der Waals surface area contributed by atoms with Crippen LogP contribution in [-0.4, -0.2) is 24.7 Å².